The normalized spacial score (nSPS) is 30.2. The van der Waals surface area contributed by atoms with Crippen LogP contribution in [0.4, 0.5) is 0 Å². The van der Waals surface area contributed by atoms with Crippen LogP contribution < -0.4 is 4.72 Å². The first-order valence-electron chi connectivity index (χ1n) is 9.97. The van der Waals surface area contributed by atoms with E-state index in [9.17, 15) is 18.3 Å². The Hall–Kier alpha value is -2.10. The van der Waals surface area contributed by atoms with Crippen molar-refractivity contribution >= 4 is 32.7 Å². The Bertz CT molecular complexity index is 1160. The molecule has 2 heterocycles. The zero-order valence-corrected chi connectivity index (χ0v) is 18.0. The van der Waals surface area contributed by atoms with Gasteiger partial charge in [-0.25, -0.2) is 8.42 Å². The second kappa shape index (κ2) is 6.96. The fraction of sp³-hybridized carbons (Fsp3) is 0.429. The minimum atomic E-state index is -3.89. The molecule has 1 aromatic heterocycles. The maximum atomic E-state index is 13.2. The van der Waals surface area contributed by atoms with Gasteiger partial charge in [0.1, 0.15) is 21.6 Å². The van der Waals surface area contributed by atoms with Gasteiger partial charge in [-0.15, -0.1) is 11.8 Å². The van der Waals surface area contributed by atoms with E-state index in [2.05, 4.69) is 9.88 Å². The molecule has 2 N–H and O–H groups in total. The monoisotopic (exact) mass is 446 g/mol. The van der Waals surface area contributed by atoms with Gasteiger partial charge in [0.2, 0.25) is 10.0 Å². The number of carbonyl (C=O) groups is 1. The van der Waals surface area contributed by atoms with Gasteiger partial charge in [-0.05, 0) is 49.7 Å². The van der Waals surface area contributed by atoms with E-state index in [0.29, 0.717) is 24.3 Å². The Kier molecular flexibility index (Phi) is 4.61. The van der Waals surface area contributed by atoms with Gasteiger partial charge < -0.3 is 9.63 Å². The number of aliphatic carboxylic acids is 1. The third-order valence-electron chi connectivity index (χ3n) is 6.37. The molecule has 0 bridgehead atoms. The SMILES string of the molecule is Cc1cc(C2=CCC(S(=O)(=O)NC3(C(=O)O)C4CCCc5ccccc5C43)S2)no1. The molecular weight excluding hydrogens is 424 g/mol. The summed E-state index contributed by atoms with van der Waals surface area (Å²) in [5, 5.41) is 14.1. The molecule has 30 heavy (non-hydrogen) atoms. The zero-order chi connectivity index (χ0) is 21.1. The summed E-state index contributed by atoms with van der Waals surface area (Å²) in [6.45, 7) is 1.78. The lowest BCUT2D eigenvalue weighted by atomic mass is 9.97. The number of nitrogens with one attached hydrogen (secondary N) is 1. The lowest BCUT2D eigenvalue weighted by Gasteiger charge is -2.21. The van der Waals surface area contributed by atoms with Crippen LogP contribution in [0.3, 0.4) is 0 Å². The molecule has 0 amide bonds. The van der Waals surface area contributed by atoms with Crippen molar-refractivity contribution in [2.24, 2.45) is 5.92 Å². The number of aromatic nitrogens is 1. The topological polar surface area (TPSA) is 110 Å². The largest absolute Gasteiger partial charge is 0.480 e. The number of carboxylic acids is 1. The Morgan fingerprint density at radius 1 is 1.37 bits per heavy atom. The van der Waals surface area contributed by atoms with Crippen molar-refractivity contribution in [1.29, 1.82) is 0 Å². The second-order valence-electron chi connectivity index (χ2n) is 8.17. The van der Waals surface area contributed by atoms with Crippen LogP contribution in [-0.4, -0.2) is 34.8 Å². The Morgan fingerprint density at radius 3 is 2.90 bits per heavy atom. The molecular formula is C21H22N2O5S2. The molecule has 1 aromatic carbocycles. The van der Waals surface area contributed by atoms with Gasteiger partial charge in [0.25, 0.3) is 0 Å². The standard InChI is InChI=1S/C21H22N2O5S2/c1-12-11-16(22-28-12)17-9-10-18(29-17)30(26,27)23-21(20(24)25)15-8-4-6-13-5-2-3-7-14(13)19(15)21/h2-3,5,7,9,11,15,18-19,23H,4,6,8,10H2,1H3,(H,24,25). The molecule has 158 valence electrons. The van der Waals surface area contributed by atoms with Gasteiger partial charge >= 0.3 is 5.97 Å². The van der Waals surface area contributed by atoms with Gasteiger partial charge in [-0.1, -0.05) is 35.5 Å². The average molecular weight is 447 g/mol. The summed E-state index contributed by atoms with van der Waals surface area (Å²) in [4.78, 5) is 13.1. The maximum absolute atomic E-state index is 13.2. The van der Waals surface area contributed by atoms with Crippen molar-refractivity contribution in [3.8, 4) is 0 Å². The summed E-state index contributed by atoms with van der Waals surface area (Å²) in [5.41, 5.74) is 1.21. The Balaban J connectivity index is 1.41. The van der Waals surface area contributed by atoms with E-state index in [1.807, 2.05) is 30.3 Å². The van der Waals surface area contributed by atoms with Crippen LogP contribution in [0.25, 0.3) is 4.91 Å². The van der Waals surface area contributed by atoms with Crippen molar-refractivity contribution in [3.63, 3.8) is 0 Å². The van der Waals surface area contributed by atoms with Crippen LogP contribution in [0.2, 0.25) is 0 Å². The molecule has 2 aromatic rings. The number of hydrogen-bond acceptors (Lipinski definition) is 6. The first kappa shape index (κ1) is 19.8. The molecule has 4 atom stereocenters. The van der Waals surface area contributed by atoms with Gasteiger partial charge in [0.05, 0.1) is 0 Å². The van der Waals surface area contributed by atoms with Crippen molar-refractivity contribution in [2.45, 2.75) is 48.6 Å². The quantitative estimate of drug-likeness (QED) is 0.725. The van der Waals surface area contributed by atoms with Crippen molar-refractivity contribution in [1.82, 2.24) is 9.88 Å². The predicted octanol–water partition coefficient (Wildman–Crippen LogP) is 3.28. The number of rotatable bonds is 5. The fourth-order valence-corrected chi connectivity index (χ4v) is 8.11. The molecule has 0 spiro atoms. The van der Waals surface area contributed by atoms with Crippen LogP contribution in [-0.2, 0) is 21.2 Å². The second-order valence-corrected chi connectivity index (χ2v) is 11.6. The Labute approximate surface area is 179 Å². The van der Waals surface area contributed by atoms with E-state index < -0.39 is 26.1 Å². The fourth-order valence-electron chi connectivity index (χ4n) is 4.95. The van der Waals surface area contributed by atoms with E-state index in [1.54, 1.807) is 13.0 Å². The van der Waals surface area contributed by atoms with Crippen molar-refractivity contribution in [3.05, 3.63) is 59.0 Å². The number of carboxylic acid groups (broad SMARTS) is 1. The van der Waals surface area contributed by atoms with Crippen molar-refractivity contribution < 1.29 is 22.8 Å². The van der Waals surface area contributed by atoms with E-state index in [1.165, 1.54) is 11.8 Å². The number of thioether (sulfide) groups is 1. The number of nitrogens with zero attached hydrogens (tertiary/aromatic N) is 1. The smallest absolute Gasteiger partial charge is 0.325 e. The molecule has 9 heteroatoms. The van der Waals surface area contributed by atoms with E-state index in [-0.39, 0.29) is 11.8 Å². The minimum absolute atomic E-state index is 0.231. The first-order valence-corrected chi connectivity index (χ1v) is 12.4. The molecule has 2 aliphatic carbocycles. The highest BCUT2D eigenvalue weighted by Gasteiger charge is 2.72. The lowest BCUT2D eigenvalue weighted by molar-refractivity contribution is -0.140. The molecule has 0 saturated heterocycles. The molecule has 4 unspecified atom stereocenters. The lowest BCUT2D eigenvalue weighted by Crippen LogP contribution is -2.48. The van der Waals surface area contributed by atoms with Crippen LogP contribution >= 0.6 is 11.8 Å². The highest BCUT2D eigenvalue weighted by Crippen LogP contribution is 2.62. The number of aryl methyl sites for hydroxylation is 2. The highest BCUT2D eigenvalue weighted by molar-refractivity contribution is 8.18. The summed E-state index contributed by atoms with van der Waals surface area (Å²) in [7, 11) is -3.89. The van der Waals surface area contributed by atoms with Gasteiger partial charge in [0.15, 0.2) is 0 Å². The number of hydrogen-bond donors (Lipinski definition) is 2. The Morgan fingerprint density at radius 2 is 2.17 bits per heavy atom. The molecule has 5 rings (SSSR count). The van der Waals surface area contributed by atoms with Gasteiger partial charge in [-0.2, -0.15) is 4.72 Å². The third-order valence-corrected chi connectivity index (χ3v) is 10.0. The average Bonchev–Trinajstić information content (AvgIpc) is 3.00. The summed E-state index contributed by atoms with van der Waals surface area (Å²) in [5.74, 6) is -1.01. The molecule has 7 nitrogen and oxygen atoms in total. The number of sulfonamides is 1. The predicted molar refractivity (Wildman–Crippen MR) is 113 cm³/mol. The maximum Gasteiger partial charge on any atom is 0.325 e. The summed E-state index contributed by atoms with van der Waals surface area (Å²) < 4.78 is 33.4. The van der Waals surface area contributed by atoms with Crippen LogP contribution in [0.1, 0.15) is 47.8 Å². The number of benzene rings is 1. The van der Waals surface area contributed by atoms with Gasteiger partial charge in [0, 0.05) is 16.9 Å². The van der Waals surface area contributed by atoms with E-state index in [0.717, 1.165) is 28.9 Å². The van der Waals surface area contributed by atoms with Crippen LogP contribution in [0, 0.1) is 12.8 Å². The van der Waals surface area contributed by atoms with Gasteiger partial charge in [-0.3, -0.25) is 4.79 Å². The first-order chi connectivity index (χ1) is 14.3. The third kappa shape index (κ3) is 3.02. The van der Waals surface area contributed by atoms with Crippen LogP contribution in [0.15, 0.2) is 40.9 Å². The molecule has 0 radical (unpaired) electrons. The molecule has 1 aliphatic heterocycles. The van der Waals surface area contributed by atoms with Crippen molar-refractivity contribution in [2.75, 3.05) is 0 Å². The molecule has 3 aliphatic rings. The van der Waals surface area contributed by atoms with Crippen LogP contribution in [0.5, 0.6) is 0 Å². The highest BCUT2D eigenvalue weighted by atomic mass is 32.3. The summed E-state index contributed by atoms with van der Waals surface area (Å²) in [6.07, 6.45) is 4.55. The zero-order valence-electron chi connectivity index (χ0n) is 16.4. The number of fused-ring (bicyclic) bond motifs is 3. The molecule has 1 saturated carbocycles. The molecule has 1 fully saturated rings. The van der Waals surface area contributed by atoms with E-state index in [4.69, 9.17) is 4.52 Å². The summed E-state index contributed by atoms with van der Waals surface area (Å²) >= 11 is 1.18. The summed E-state index contributed by atoms with van der Waals surface area (Å²) in [6, 6.07) is 9.55. The number of allylic oxidation sites excluding steroid dienone is 1. The van der Waals surface area contributed by atoms with E-state index >= 15 is 0 Å². The minimum Gasteiger partial charge on any atom is -0.480 e.